The molecule has 1 amide bonds. The Hall–Kier alpha value is -2.87. The Kier molecular flexibility index (Phi) is 11.1. The molecule has 0 spiro atoms. The van der Waals surface area contributed by atoms with Gasteiger partial charge in [-0.2, -0.15) is 0 Å². The summed E-state index contributed by atoms with van der Waals surface area (Å²) in [5, 5.41) is 3.30. The van der Waals surface area contributed by atoms with Crippen molar-refractivity contribution in [3.05, 3.63) is 42.1 Å². The fourth-order valence-electron chi connectivity index (χ4n) is 5.71. The minimum absolute atomic E-state index is 0.0343. The first-order valence-corrected chi connectivity index (χ1v) is 16.5. The maximum absolute atomic E-state index is 14.2. The van der Waals surface area contributed by atoms with E-state index in [-0.39, 0.29) is 35.4 Å². The molecule has 1 unspecified atom stereocenters. The van der Waals surface area contributed by atoms with Gasteiger partial charge in [-0.05, 0) is 70.6 Å². The molecular formula is C29H43FN6O5S. The molecule has 1 aromatic carbocycles. The predicted octanol–water partition coefficient (Wildman–Crippen LogP) is 3.50. The number of carbonyl (C=O) groups is 1. The molecule has 0 bridgehead atoms. The maximum atomic E-state index is 14.2. The van der Waals surface area contributed by atoms with Crippen LogP contribution in [0, 0.1) is 11.7 Å². The number of sulfonamides is 1. The van der Waals surface area contributed by atoms with E-state index in [0.717, 1.165) is 45.3 Å². The largest absolute Gasteiger partial charge is 0.451 e. The zero-order chi connectivity index (χ0) is 30.3. The second-order valence-electron chi connectivity index (χ2n) is 11.4. The molecule has 11 nitrogen and oxygen atoms in total. The van der Waals surface area contributed by atoms with Crippen molar-refractivity contribution in [3.63, 3.8) is 0 Å². The highest BCUT2D eigenvalue weighted by molar-refractivity contribution is 7.88. The third-order valence-electron chi connectivity index (χ3n) is 7.76. The minimum atomic E-state index is -3.18. The van der Waals surface area contributed by atoms with Gasteiger partial charge in [0, 0.05) is 44.8 Å². The number of hydrogen-bond acceptors (Lipinski definition) is 9. The molecule has 2 fully saturated rings. The summed E-state index contributed by atoms with van der Waals surface area (Å²) in [5.74, 6) is 0.678. The van der Waals surface area contributed by atoms with Gasteiger partial charge in [-0.1, -0.05) is 0 Å². The summed E-state index contributed by atoms with van der Waals surface area (Å²) >= 11 is 0. The van der Waals surface area contributed by atoms with Crippen molar-refractivity contribution in [1.29, 1.82) is 0 Å². The smallest absolute Gasteiger partial charge is 0.257 e. The summed E-state index contributed by atoms with van der Waals surface area (Å²) in [6.45, 7) is 9.85. The fraction of sp³-hybridized carbons (Fsp3) is 0.621. The summed E-state index contributed by atoms with van der Waals surface area (Å²) < 4.78 is 52.1. The quantitative estimate of drug-likeness (QED) is 0.373. The van der Waals surface area contributed by atoms with Crippen LogP contribution in [0.2, 0.25) is 0 Å². The first-order valence-electron chi connectivity index (χ1n) is 14.7. The van der Waals surface area contributed by atoms with E-state index in [1.54, 1.807) is 4.90 Å². The number of rotatable bonds is 12. The summed E-state index contributed by atoms with van der Waals surface area (Å²) in [5.41, 5.74) is 0.132. The molecular weight excluding hydrogens is 563 g/mol. The van der Waals surface area contributed by atoms with E-state index in [2.05, 4.69) is 24.9 Å². The number of hydrogen-bond donors (Lipinski definition) is 2. The third kappa shape index (κ3) is 9.06. The van der Waals surface area contributed by atoms with E-state index >= 15 is 0 Å². The van der Waals surface area contributed by atoms with Crippen LogP contribution in [0.4, 0.5) is 10.2 Å². The van der Waals surface area contributed by atoms with E-state index in [9.17, 15) is 17.6 Å². The van der Waals surface area contributed by atoms with E-state index in [1.807, 2.05) is 20.8 Å². The Bertz CT molecular complexity index is 1310. The molecule has 2 aromatic rings. The maximum Gasteiger partial charge on any atom is 0.257 e. The van der Waals surface area contributed by atoms with Gasteiger partial charge >= 0.3 is 0 Å². The Morgan fingerprint density at radius 1 is 1.24 bits per heavy atom. The summed E-state index contributed by atoms with van der Waals surface area (Å²) in [6, 6.07) is 3.87. The van der Waals surface area contributed by atoms with Gasteiger partial charge in [-0.25, -0.2) is 27.5 Å². The molecule has 1 aromatic heterocycles. The number of nitrogens with zero attached hydrogens (tertiary/aromatic N) is 4. The van der Waals surface area contributed by atoms with Crippen molar-refractivity contribution in [2.24, 2.45) is 5.92 Å². The van der Waals surface area contributed by atoms with Crippen molar-refractivity contribution >= 4 is 21.7 Å². The standard InChI is InChI=1S/C29H43FN6O5S/c1-5-36(20(2)3)29(37)25-14-22(30)8-11-26(25)41-27-16-31-19-33-28(27)32-15-24-18-35(12-13-40-24)17-21-6-9-23(10-7-21)34-42(4,38)39/h8,11,14,16,19-21,23-24,34H,5-7,9-10,12-13,15,17-18H2,1-4H3,(H,31,32,33). The van der Waals surface area contributed by atoms with Crippen LogP contribution >= 0.6 is 0 Å². The zero-order valence-electron chi connectivity index (χ0n) is 24.9. The lowest BCUT2D eigenvalue weighted by Gasteiger charge is -2.37. The first-order chi connectivity index (χ1) is 20.0. The molecule has 1 aliphatic carbocycles. The molecule has 13 heteroatoms. The molecule has 1 aliphatic heterocycles. The highest BCUT2D eigenvalue weighted by Crippen LogP contribution is 2.31. The number of aromatic nitrogens is 2. The highest BCUT2D eigenvalue weighted by Gasteiger charge is 2.28. The number of halogens is 1. The van der Waals surface area contributed by atoms with Gasteiger partial charge in [-0.3, -0.25) is 9.69 Å². The van der Waals surface area contributed by atoms with Crippen molar-refractivity contribution in [3.8, 4) is 11.5 Å². The Balaban J connectivity index is 1.35. The Morgan fingerprint density at radius 3 is 2.69 bits per heavy atom. The van der Waals surface area contributed by atoms with Gasteiger partial charge in [0.25, 0.3) is 5.91 Å². The fourth-order valence-corrected chi connectivity index (χ4v) is 6.55. The summed E-state index contributed by atoms with van der Waals surface area (Å²) in [6.07, 6.45) is 7.77. The monoisotopic (exact) mass is 606 g/mol. The van der Waals surface area contributed by atoms with Gasteiger partial charge in [-0.15, -0.1) is 0 Å². The molecule has 1 atom stereocenters. The highest BCUT2D eigenvalue weighted by atomic mass is 32.2. The van der Waals surface area contributed by atoms with Crippen LogP contribution in [0.5, 0.6) is 11.5 Å². The number of morpholine rings is 1. The van der Waals surface area contributed by atoms with E-state index in [1.165, 1.54) is 37.0 Å². The molecule has 4 rings (SSSR count). The second kappa shape index (κ2) is 14.5. The number of nitrogens with one attached hydrogen (secondary N) is 2. The molecule has 2 N–H and O–H groups in total. The van der Waals surface area contributed by atoms with Gasteiger partial charge in [0.15, 0.2) is 11.6 Å². The van der Waals surface area contributed by atoms with E-state index < -0.39 is 15.8 Å². The average Bonchev–Trinajstić information content (AvgIpc) is 2.94. The zero-order valence-corrected chi connectivity index (χ0v) is 25.7. The molecule has 0 radical (unpaired) electrons. The lowest BCUT2D eigenvalue weighted by Crippen LogP contribution is -2.47. The number of benzene rings is 1. The van der Waals surface area contributed by atoms with Crippen molar-refractivity contribution in [2.45, 2.75) is 64.6 Å². The number of anilines is 1. The van der Waals surface area contributed by atoms with Crippen LogP contribution in [0.25, 0.3) is 0 Å². The third-order valence-corrected chi connectivity index (χ3v) is 8.52. The van der Waals surface area contributed by atoms with Crippen LogP contribution in [0.1, 0.15) is 56.8 Å². The van der Waals surface area contributed by atoms with Crippen molar-refractivity contribution in [2.75, 3.05) is 50.9 Å². The van der Waals surface area contributed by atoms with Crippen molar-refractivity contribution in [1.82, 2.24) is 24.5 Å². The van der Waals surface area contributed by atoms with Gasteiger partial charge in [0.2, 0.25) is 10.0 Å². The molecule has 1 saturated heterocycles. The van der Waals surface area contributed by atoms with Gasteiger partial charge < -0.3 is 19.7 Å². The van der Waals surface area contributed by atoms with Crippen LogP contribution in [-0.2, 0) is 14.8 Å². The van der Waals surface area contributed by atoms with Crippen molar-refractivity contribution < 1.29 is 27.1 Å². The first kappa shape index (κ1) is 32.1. The second-order valence-corrected chi connectivity index (χ2v) is 13.2. The van der Waals surface area contributed by atoms with Crippen LogP contribution in [0.15, 0.2) is 30.7 Å². The molecule has 2 aliphatic rings. The Labute approximate surface area is 248 Å². The molecule has 1 saturated carbocycles. The van der Waals surface area contributed by atoms with Gasteiger partial charge in [0.05, 0.1) is 30.7 Å². The summed E-state index contributed by atoms with van der Waals surface area (Å²) in [7, 11) is -3.18. The predicted molar refractivity (Wildman–Crippen MR) is 159 cm³/mol. The number of amides is 1. The number of ether oxygens (including phenoxy) is 2. The lowest BCUT2D eigenvalue weighted by atomic mass is 9.86. The molecule has 232 valence electrons. The van der Waals surface area contributed by atoms with Crippen LogP contribution in [0.3, 0.4) is 0 Å². The topological polar surface area (TPSA) is 126 Å². The Morgan fingerprint density at radius 2 is 2.00 bits per heavy atom. The SMILES string of the molecule is CCN(C(=O)c1cc(F)ccc1Oc1cncnc1NCC1CN(CC2CCC(NS(C)(=O)=O)CC2)CCO1)C(C)C. The normalized spacial score (nSPS) is 21.7. The van der Waals surface area contributed by atoms with Crippen LogP contribution in [-0.4, -0.2) is 97.9 Å². The van der Waals surface area contributed by atoms with E-state index in [0.29, 0.717) is 37.2 Å². The average molecular weight is 607 g/mol. The van der Waals surface area contributed by atoms with Crippen LogP contribution < -0.4 is 14.8 Å². The lowest BCUT2D eigenvalue weighted by molar-refractivity contribution is -0.0276. The molecule has 42 heavy (non-hydrogen) atoms. The van der Waals surface area contributed by atoms with E-state index in [4.69, 9.17) is 9.47 Å². The summed E-state index contributed by atoms with van der Waals surface area (Å²) in [4.78, 5) is 25.7. The number of carbonyl (C=O) groups excluding carboxylic acids is 1. The minimum Gasteiger partial charge on any atom is -0.451 e. The molecule has 2 heterocycles. The van der Waals surface area contributed by atoms with Gasteiger partial charge in [0.1, 0.15) is 17.9 Å².